The van der Waals surface area contributed by atoms with Gasteiger partial charge in [0.05, 0.1) is 28.8 Å². The first kappa shape index (κ1) is 17.3. The molecule has 0 aliphatic rings. The van der Waals surface area contributed by atoms with Crippen LogP contribution in [0.4, 0.5) is 4.39 Å². The summed E-state index contributed by atoms with van der Waals surface area (Å²) in [4.78, 5) is 28.5. The first-order valence-electron chi connectivity index (χ1n) is 9.32. The van der Waals surface area contributed by atoms with Gasteiger partial charge in [-0.25, -0.2) is 19.3 Å². The summed E-state index contributed by atoms with van der Waals surface area (Å²) in [5.74, 6) is -0.109. The van der Waals surface area contributed by atoms with Crippen LogP contribution in [0.25, 0.3) is 55.8 Å². The molecule has 9 nitrogen and oxygen atoms in total. The Hall–Kier alpha value is -4.60. The predicted molar refractivity (Wildman–Crippen MR) is 111 cm³/mol. The minimum absolute atomic E-state index is 0.143. The largest absolute Gasteiger partial charge is 0.335 e. The Kier molecular flexibility index (Phi) is 3.75. The number of pyridine rings is 3. The number of aromatic amines is 2. The molecule has 0 aromatic carbocycles. The fraction of sp³-hybridized carbons (Fsp3) is 0. The molecule has 0 radical (unpaired) electrons. The Balaban J connectivity index is 1.56. The normalized spacial score (nSPS) is 11.4. The van der Waals surface area contributed by atoms with Crippen LogP contribution in [0.2, 0.25) is 0 Å². The Bertz CT molecular complexity index is 1540. The van der Waals surface area contributed by atoms with Crippen LogP contribution in [0.1, 0.15) is 0 Å². The van der Waals surface area contributed by atoms with Crippen molar-refractivity contribution in [2.75, 3.05) is 0 Å². The number of aromatic nitrogens is 9. The molecule has 0 spiro atoms. The van der Waals surface area contributed by atoms with Crippen LogP contribution in [-0.4, -0.2) is 45.1 Å². The summed E-state index contributed by atoms with van der Waals surface area (Å²) in [6, 6.07) is 3.78. The fourth-order valence-corrected chi connectivity index (χ4v) is 3.55. The van der Waals surface area contributed by atoms with Gasteiger partial charge in [-0.1, -0.05) is 6.07 Å². The molecule has 0 aliphatic carbocycles. The highest BCUT2D eigenvalue weighted by Gasteiger charge is 2.21. The van der Waals surface area contributed by atoms with Gasteiger partial charge in [-0.05, 0) is 6.07 Å². The summed E-state index contributed by atoms with van der Waals surface area (Å²) in [6.07, 6.45) is 12.8. The van der Waals surface area contributed by atoms with E-state index in [4.69, 9.17) is 4.98 Å². The SMILES string of the molecule is Fc1c(-c2cncnc2)ncc2[nH]nc(-c3nc4c(-c5cccnc5)cncc4[nH]3)c12. The molecule has 0 unspecified atom stereocenters. The van der Waals surface area contributed by atoms with Gasteiger partial charge in [0, 0.05) is 47.7 Å². The maximum atomic E-state index is 15.5. The van der Waals surface area contributed by atoms with E-state index in [2.05, 4.69) is 40.1 Å². The highest BCUT2D eigenvalue weighted by atomic mass is 19.1. The average molecular weight is 409 g/mol. The Morgan fingerprint density at radius 2 is 1.68 bits per heavy atom. The second-order valence-corrected chi connectivity index (χ2v) is 6.82. The number of hydrogen-bond acceptors (Lipinski definition) is 7. The molecule has 6 aromatic rings. The van der Waals surface area contributed by atoms with E-state index < -0.39 is 5.82 Å². The van der Waals surface area contributed by atoms with Crippen molar-refractivity contribution in [1.29, 1.82) is 0 Å². The average Bonchev–Trinajstić information content (AvgIpc) is 3.45. The van der Waals surface area contributed by atoms with Crippen LogP contribution in [-0.2, 0) is 0 Å². The van der Waals surface area contributed by atoms with Gasteiger partial charge in [0.2, 0.25) is 0 Å². The zero-order chi connectivity index (χ0) is 20.8. The van der Waals surface area contributed by atoms with Crippen molar-refractivity contribution in [2.45, 2.75) is 0 Å². The minimum Gasteiger partial charge on any atom is -0.335 e. The molecule has 0 saturated heterocycles. The van der Waals surface area contributed by atoms with Gasteiger partial charge in [0.1, 0.15) is 23.2 Å². The van der Waals surface area contributed by atoms with Crippen molar-refractivity contribution in [3.63, 3.8) is 0 Å². The van der Waals surface area contributed by atoms with Crippen LogP contribution in [0.3, 0.4) is 0 Å². The smallest absolute Gasteiger partial charge is 0.161 e. The lowest BCUT2D eigenvalue weighted by Crippen LogP contribution is -1.93. The molecular weight excluding hydrogens is 397 g/mol. The van der Waals surface area contributed by atoms with E-state index in [1.807, 2.05) is 12.1 Å². The lowest BCUT2D eigenvalue weighted by molar-refractivity contribution is 0.638. The third-order valence-electron chi connectivity index (χ3n) is 4.97. The van der Waals surface area contributed by atoms with Crippen LogP contribution >= 0.6 is 0 Å². The van der Waals surface area contributed by atoms with Crippen molar-refractivity contribution >= 4 is 21.9 Å². The topological polar surface area (TPSA) is 122 Å². The molecular formula is C21H12FN9. The van der Waals surface area contributed by atoms with Crippen molar-refractivity contribution in [2.24, 2.45) is 0 Å². The van der Waals surface area contributed by atoms with E-state index in [9.17, 15) is 0 Å². The monoisotopic (exact) mass is 409 g/mol. The molecule has 148 valence electrons. The lowest BCUT2D eigenvalue weighted by atomic mass is 10.1. The minimum atomic E-state index is -0.526. The molecule has 31 heavy (non-hydrogen) atoms. The summed E-state index contributed by atoms with van der Waals surface area (Å²) in [7, 11) is 0. The maximum absolute atomic E-state index is 15.5. The summed E-state index contributed by atoms with van der Waals surface area (Å²) in [5, 5.41) is 7.40. The van der Waals surface area contributed by atoms with Crippen molar-refractivity contribution < 1.29 is 4.39 Å². The van der Waals surface area contributed by atoms with Gasteiger partial charge in [-0.3, -0.25) is 20.1 Å². The Morgan fingerprint density at radius 3 is 2.52 bits per heavy atom. The number of halogens is 1. The number of H-pyrrole nitrogens is 2. The predicted octanol–water partition coefficient (Wildman–Crippen LogP) is 3.55. The molecule has 0 atom stereocenters. The fourth-order valence-electron chi connectivity index (χ4n) is 3.55. The third kappa shape index (κ3) is 2.73. The maximum Gasteiger partial charge on any atom is 0.161 e. The molecule has 0 bridgehead atoms. The van der Waals surface area contributed by atoms with Crippen LogP contribution < -0.4 is 0 Å². The summed E-state index contributed by atoms with van der Waals surface area (Å²) in [6.45, 7) is 0. The van der Waals surface area contributed by atoms with Gasteiger partial charge in [-0.15, -0.1) is 0 Å². The molecule has 0 amide bonds. The number of hydrogen-bond donors (Lipinski definition) is 2. The van der Waals surface area contributed by atoms with E-state index in [-0.39, 0.29) is 11.1 Å². The number of nitrogens with one attached hydrogen (secondary N) is 2. The second kappa shape index (κ2) is 6.73. The van der Waals surface area contributed by atoms with Gasteiger partial charge in [0.15, 0.2) is 11.6 Å². The van der Waals surface area contributed by atoms with Crippen LogP contribution in [0.15, 0.2) is 61.8 Å². The van der Waals surface area contributed by atoms with Crippen molar-refractivity contribution in [1.82, 2.24) is 45.1 Å². The van der Waals surface area contributed by atoms with Crippen LogP contribution in [0, 0.1) is 5.82 Å². The molecule has 10 heteroatoms. The summed E-state index contributed by atoms with van der Waals surface area (Å²) < 4.78 is 15.5. The van der Waals surface area contributed by atoms with Gasteiger partial charge in [0.25, 0.3) is 0 Å². The van der Waals surface area contributed by atoms with Crippen molar-refractivity contribution in [3.8, 4) is 33.9 Å². The highest BCUT2D eigenvalue weighted by Crippen LogP contribution is 2.33. The van der Waals surface area contributed by atoms with E-state index in [0.29, 0.717) is 33.6 Å². The van der Waals surface area contributed by atoms with E-state index in [1.165, 1.54) is 24.9 Å². The number of rotatable bonds is 3. The molecule has 6 heterocycles. The standard InChI is InChI=1S/C21H12FN9/c22-17-16-14(9-27-18(17)12-5-25-10-26-6-12)30-31-20(16)21-28-15-8-24-7-13(19(15)29-21)11-2-1-3-23-4-11/h1-10H,(H,28,29)(H,30,31). The van der Waals surface area contributed by atoms with E-state index in [1.54, 1.807) is 24.8 Å². The van der Waals surface area contributed by atoms with Crippen LogP contribution in [0.5, 0.6) is 0 Å². The summed E-state index contributed by atoms with van der Waals surface area (Å²) in [5.41, 5.74) is 4.52. The van der Waals surface area contributed by atoms with Gasteiger partial charge >= 0.3 is 0 Å². The molecule has 6 aromatic heterocycles. The molecule has 2 N–H and O–H groups in total. The molecule has 0 fully saturated rings. The Labute approximate surface area is 173 Å². The number of imidazole rings is 1. The van der Waals surface area contributed by atoms with Gasteiger partial charge < -0.3 is 4.98 Å². The summed E-state index contributed by atoms with van der Waals surface area (Å²) >= 11 is 0. The number of fused-ring (bicyclic) bond motifs is 2. The first-order valence-corrected chi connectivity index (χ1v) is 9.32. The molecule has 0 aliphatic heterocycles. The first-order chi connectivity index (χ1) is 15.3. The zero-order valence-corrected chi connectivity index (χ0v) is 15.8. The Morgan fingerprint density at radius 1 is 0.806 bits per heavy atom. The number of nitrogens with zero attached hydrogens (tertiary/aromatic N) is 7. The lowest BCUT2D eigenvalue weighted by Gasteiger charge is -2.03. The molecule has 6 rings (SSSR count). The van der Waals surface area contributed by atoms with E-state index in [0.717, 1.165) is 11.1 Å². The quantitative estimate of drug-likeness (QED) is 0.458. The van der Waals surface area contributed by atoms with Crippen molar-refractivity contribution in [3.05, 3.63) is 67.7 Å². The highest BCUT2D eigenvalue weighted by molar-refractivity contribution is 5.97. The third-order valence-corrected chi connectivity index (χ3v) is 4.97. The van der Waals surface area contributed by atoms with Gasteiger partial charge in [-0.2, -0.15) is 5.10 Å². The second-order valence-electron chi connectivity index (χ2n) is 6.82. The zero-order valence-electron chi connectivity index (χ0n) is 15.8. The van der Waals surface area contributed by atoms with E-state index >= 15 is 4.39 Å². The molecule has 0 saturated carbocycles.